The number of aromatic nitrogens is 4. The fourth-order valence-electron chi connectivity index (χ4n) is 2.29. The molecular weight excluding hydrogens is 376 g/mol. The average Bonchev–Trinajstić information content (AvgIpc) is 3.17. The molecule has 1 unspecified atom stereocenters. The Balaban J connectivity index is 2.09. The second-order valence-electron chi connectivity index (χ2n) is 5.18. The molecule has 1 amide bonds. The summed E-state index contributed by atoms with van der Waals surface area (Å²) in [6.07, 6.45) is 0.597. The number of carbonyl (C=O) groups is 2. The molecule has 9 nitrogen and oxygen atoms in total. The number of ether oxygens (including phenoxy) is 1. The molecule has 0 spiro atoms. The molecule has 0 saturated heterocycles. The lowest BCUT2D eigenvalue weighted by molar-refractivity contribution is -0.142. The summed E-state index contributed by atoms with van der Waals surface area (Å²) >= 11 is 2.72. The third-order valence-electron chi connectivity index (χ3n) is 3.38. The van der Waals surface area contributed by atoms with Crippen molar-refractivity contribution in [2.24, 2.45) is 0 Å². The first kappa shape index (κ1) is 20.2. The van der Waals surface area contributed by atoms with E-state index in [1.165, 1.54) is 23.1 Å². The summed E-state index contributed by atoms with van der Waals surface area (Å²) in [5.74, 6) is 0.388. The van der Waals surface area contributed by atoms with E-state index in [1.54, 1.807) is 16.9 Å². The SMILES string of the molecule is CCOC(=O)Cc1csc(NC(=O)C(CC)n2c(N)nnc2SCC)n1. The van der Waals surface area contributed by atoms with Crippen LogP contribution in [0.3, 0.4) is 0 Å². The first-order valence-electron chi connectivity index (χ1n) is 8.24. The van der Waals surface area contributed by atoms with Gasteiger partial charge in [-0.2, -0.15) is 0 Å². The van der Waals surface area contributed by atoms with E-state index in [2.05, 4.69) is 20.5 Å². The summed E-state index contributed by atoms with van der Waals surface area (Å²) < 4.78 is 6.53. The van der Waals surface area contributed by atoms with Gasteiger partial charge in [-0.15, -0.1) is 21.5 Å². The second-order valence-corrected chi connectivity index (χ2v) is 7.27. The molecule has 3 N–H and O–H groups in total. The first-order chi connectivity index (χ1) is 12.5. The molecule has 0 radical (unpaired) electrons. The van der Waals surface area contributed by atoms with Crippen molar-refractivity contribution < 1.29 is 14.3 Å². The van der Waals surface area contributed by atoms with Crippen LogP contribution in [0.5, 0.6) is 0 Å². The van der Waals surface area contributed by atoms with Crippen LogP contribution in [0.4, 0.5) is 11.1 Å². The Morgan fingerprint density at radius 2 is 2.15 bits per heavy atom. The van der Waals surface area contributed by atoms with Gasteiger partial charge in [-0.05, 0) is 19.1 Å². The van der Waals surface area contributed by atoms with E-state index < -0.39 is 6.04 Å². The number of nitrogens with one attached hydrogen (secondary N) is 1. The minimum absolute atomic E-state index is 0.0765. The van der Waals surface area contributed by atoms with Gasteiger partial charge in [0.2, 0.25) is 11.9 Å². The summed E-state index contributed by atoms with van der Waals surface area (Å²) in [6.45, 7) is 5.94. The molecule has 0 aliphatic carbocycles. The van der Waals surface area contributed by atoms with E-state index in [9.17, 15) is 9.59 Å². The predicted molar refractivity (Wildman–Crippen MR) is 101 cm³/mol. The summed E-state index contributed by atoms with van der Waals surface area (Å²) in [4.78, 5) is 28.5. The predicted octanol–water partition coefficient (Wildman–Crippen LogP) is 2.12. The Morgan fingerprint density at radius 3 is 2.81 bits per heavy atom. The summed E-state index contributed by atoms with van der Waals surface area (Å²) in [5, 5.41) is 13.4. The van der Waals surface area contributed by atoms with E-state index in [4.69, 9.17) is 10.5 Å². The lowest BCUT2D eigenvalue weighted by Crippen LogP contribution is -2.27. The number of thiazole rings is 1. The maximum atomic E-state index is 12.7. The van der Waals surface area contributed by atoms with Crippen LogP contribution in [0.25, 0.3) is 0 Å². The molecule has 2 aromatic rings. The van der Waals surface area contributed by atoms with Gasteiger partial charge in [0.05, 0.1) is 18.7 Å². The molecule has 0 aliphatic rings. The number of rotatable bonds is 9. The normalized spacial score (nSPS) is 12.0. The van der Waals surface area contributed by atoms with Gasteiger partial charge in [-0.25, -0.2) is 4.98 Å². The van der Waals surface area contributed by atoms with Crippen molar-refractivity contribution in [3.63, 3.8) is 0 Å². The van der Waals surface area contributed by atoms with Crippen molar-refractivity contribution >= 4 is 46.1 Å². The highest BCUT2D eigenvalue weighted by Crippen LogP contribution is 2.26. The molecule has 1 atom stereocenters. The molecule has 2 heterocycles. The maximum Gasteiger partial charge on any atom is 0.311 e. The van der Waals surface area contributed by atoms with E-state index in [0.29, 0.717) is 29.0 Å². The molecule has 142 valence electrons. The van der Waals surface area contributed by atoms with Gasteiger partial charge in [0.15, 0.2) is 10.3 Å². The van der Waals surface area contributed by atoms with Crippen LogP contribution in [0.15, 0.2) is 10.5 Å². The van der Waals surface area contributed by atoms with Crippen molar-refractivity contribution in [1.82, 2.24) is 19.7 Å². The molecule has 11 heteroatoms. The number of thioether (sulfide) groups is 1. The topological polar surface area (TPSA) is 125 Å². The monoisotopic (exact) mass is 398 g/mol. The highest BCUT2D eigenvalue weighted by atomic mass is 32.2. The van der Waals surface area contributed by atoms with Gasteiger partial charge >= 0.3 is 5.97 Å². The fourth-order valence-corrected chi connectivity index (χ4v) is 3.72. The van der Waals surface area contributed by atoms with Crippen molar-refractivity contribution in [2.75, 3.05) is 23.4 Å². The average molecular weight is 399 g/mol. The number of nitrogens with zero attached hydrogens (tertiary/aromatic N) is 4. The summed E-state index contributed by atoms with van der Waals surface area (Å²) in [5.41, 5.74) is 6.46. The van der Waals surface area contributed by atoms with Crippen LogP contribution >= 0.6 is 23.1 Å². The fraction of sp³-hybridized carbons (Fsp3) is 0.533. The van der Waals surface area contributed by atoms with Gasteiger partial charge < -0.3 is 15.8 Å². The van der Waals surface area contributed by atoms with Crippen LogP contribution in [0.1, 0.15) is 38.9 Å². The quantitative estimate of drug-likeness (QED) is 0.486. The molecule has 0 fully saturated rings. The van der Waals surface area contributed by atoms with Crippen LogP contribution in [-0.4, -0.2) is 44.0 Å². The number of hydrogen-bond acceptors (Lipinski definition) is 9. The Bertz CT molecular complexity index is 760. The molecule has 0 aromatic carbocycles. The van der Waals surface area contributed by atoms with Crippen LogP contribution in [0.2, 0.25) is 0 Å². The molecule has 0 bridgehead atoms. The third kappa shape index (κ3) is 4.94. The molecular formula is C15H22N6O3S2. The Morgan fingerprint density at radius 1 is 1.38 bits per heavy atom. The lowest BCUT2D eigenvalue weighted by atomic mass is 10.2. The van der Waals surface area contributed by atoms with Gasteiger partial charge in [0, 0.05) is 5.38 Å². The zero-order valence-corrected chi connectivity index (χ0v) is 16.5. The maximum absolute atomic E-state index is 12.7. The van der Waals surface area contributed by atoms with Gasteiger partial charge in [-0.3, -0.25) is 14.2 Å². The zero-order chi connectivity index (χ0) is 19.1. The van der Waals surface area contributed by atoms with Crippen LogP contribution in [-0.2, 0) is 20.7 Å². The van der Waals surface area contributed by atoms with Crippen molar-refractivity contribution in [2.45, 2.75) is 44.8 Å². The zero-order valence-electron chi connectivity index (χ0n) is 14.9. The molecule has 2 rings (SSSR count). The van der Waals surface area contributed by atoms with Gasteiger partial charge in [-0.1, -0.05) is 25.6 Å². The largest absolute Gasteiger partial charge is 0.466 e. The lowest BCUT2D eigenvalue weighted by Gasteiger charge is -2.18. The van der Waals surface area contributed by atoms with E-state index in [1.807, 2.05) is 13.8 Å². The van der Waals surface area contributed by atoms with Gasteiger partial charge in [0.1, 0.15) is 6.04 Å². The van der Waals surface area contributed by atoms with Crippen molar-refractivity contribution in [3.8, 4) is 0 Å². The number of nitrogens with two attached hydrogens (primary N) is 1. The minimum Gasteiger partial charge on any atom is -0.466 e. The molecule has 0 saturated carbocycles. The second kappa shape index (κ2) is 9.53. The van der Waals surface area contributed by atoms with Crippen molar-refractivity contribution in [1.29, 1.82) is 0 Å². The minimum atomic E-state index is -0.545. The molecule has 0 aliphatic heterocycles. The first-order valence-corrected chi connectivity index (χ1v) is 10.1. The number of amides is 1. The summed E-state index contributed by atoms with van der Waals surface area (Å²) in [7, 11) is 0. The Kier molecular flexibility index (Phi) is 7.39. The highest BCUT2D eigenvalue weighted by molar-refractivity contribution is 7.99. The van der Waals surface area contributed by atoms with Gasteiger partial charge in [0.25, 0.3) is 0 Å². The number of nitrogen functional groups attached to an aromatic ring is 1. The Hall–Kier alpha value is -2.14. The van der Waals surface area contributed by atoms with E-state index >= 15 is 0 Å². The number of carbonyl (C=O) groups excluding carboxylic acids is 2. The summed E-state index contributed by atoms with van der Waals surface area (Å²) in [6, 6.07) is -0.545. The van der Waals surface area contributed by atoms with E-state index in [-0.39, 0.29) is 24.2 Å². The number of hydrogen-bond donors (Lipinski definition) is 2. The molecule has 2 aromatic heterocycles. The van der Waals surface area contributed by atoms with Crippen molar-refractivity contribution in [3.05, 3.63) is 11.1 Å². The highest BCUT2D eigenvalue weighted by Gasteiger charge is 2.25. The standard InChI is InChI=1S/C15H22N6O3S2/c1-4-10(21-13(16)19-20-15(21)25-6-3)12(23)18-14-17-9(8-26-14)7-11(22)24-5-2/h8,10H,4-7H2,1-3H3,(H2,16,19)(H,17,18,23). The Labute approximate surface area is 159 Å². The van der Waals surface area contributed by atoms with E-state index in [0.717, 1.165) is 5.75 Å². The third-order valence-corrected chi connectivity index (χ3v) is 5.01. The van der Waals surface area contributed by atoms with Crippen LogP contribution in [0, 0.1) is 0 Å². The molecule has 26 heavy (non-hydrogen) atoms. The van der Waals surface area contributed by atoms with Crippen LogP contribution < -0.4 is 11.1 Å². The number of anilines is 2. The smallest absolute Gasteiger partial charge is 0.311 e. The number of esters is 1.